The largest absolute Gasteiger partial charge is 0.497 e. The molecule has 5 heteroatoms. The first-order chi connectivity index (χ1) is 12.5. The number of amides is 1. The van der Waals surface area contributed by atoms with Crippen LogP contribution in [0.5, 0.6) is 5.75 Å². The van der Waals surface area contributed by atoms with Gasteiger partial charge in [0, 0.05) is 31.6 Å². The van der Waals surface area contributed by atoms with Gasteiger partial charge < -0.3 is 14.5 Å². The molecule has 2 aliphatic rings. The second-order valence-electron chi connectivity index (χ2n) is 7.97. The number of rotatable bonds is 4. The van der Waals surface area contributed by atoms with Gasteiger partial charge in [-0.25, -0.2) is 0 Å². The molecule has 0 atom stereocenters. The van der Waals surface area contributed by atoms with Gasteiger partial charge in [0.2, 0.25) is 5.91 Å². The lowest BCUT2D eigenvalue weighted by molar-refractivity contribution is -0.132. The van der Waals surface area contributed by atoms with E-state index < -0.39 is 0 Å². The van der Waals surface area contributed by atoms with Gasteiger partial charge in [0.1, 0.15) is 5.75 Å². The first-order valence-electron chi connectivity index (χ1n) is 9.83. The number of ether oxygens (including phenoxy) is 1. The van der Waals surface area contributed by atoms with E-state index in [1.165, 1.54) is 5.56 Å². The van der Waals surface area contributed by atoms with Crippen LogP contribution in [0.2, 0.25) is 0 Å². The van der Waals surface area contributed by atoms with Crippen molar-refractivity contribution in [3.63, 3.8) is 0 Å². The van der Waals surface area contributed by atoms with Crippen LogP contribution in [0, 0.1) is 0 Å². The zero-order valence-electron chi connectivity index (χ0n) is 16.5. The topological polar surface area (TPSA) is 36.0 Å². The molecule has 2 fully saturated rings. The summed E-state index contributed by atoms with van der Waals surface area (Å²) >= 11 is 0. The van der Waals surface area contributed by atoms with Crippen molar-refractivity contribution in [2.24, 2.45) is 0 Å². The van der Waals surface area contributed by atoms with E-state index in [9.17, 15) is 4.79 Å². The Morgan fingerprint density at radius 2 is 1.92 bits per heavy atom. The third-order valence-corrected chi connectivity index (χ3v) is 6.25. The number of aryl methyl sites for hydroxylation is 1. The molecule has 5 nitrogen and oxygen atoms in total. The van der Waals surface area contributed by atoms with Crippen molar-refractivity contribution < 1.29 is 9.53 Å². The summed E-state index contributed by atoms with van der Waals surface area (Å²) in [5.74, 6) is 1.15. The van der Waals surface area contributed by atoms with Crippen LogP contribution in [0.3, 0.4) is 0 Å². The second kappa shape index (κ2) is 8.40. The van der Waals surface area contributed by atoms with Crippen LogP contribution in [-0.2, 0) is 11.2 Å². The van der Waals surface area contributed by atoms with E-state index >= 15 is 0 Å². The lowest BCUT2D eigenvalue weighted by Gasteiger charge is -2.47. The van der Waals surface area contributed by atoms with Gasteiger partial charge in [0.15, 0.2) is 0 Å². The molecule has 3 rings (SSSR count). The molecule has 2 heterocycles. The van der Waals surface area contributed by atoms with Crippen molar-refractivity contribution in [3.05, 3.63) is 29.8 Å². The molecule has 2 saturated heterocycles. The van der Waals surface area contributed by atoms with Gasteiger partial charge in [-0.1, -0.05) is 12.1 Å². The van der Waals surface area contributed by atoms with E-state index in [2.05, 4.69) is 34.9 Å². The predicted octanol–water partition coefficient (Wildman–Crippen LogP) is 2.26. The molecular weight excluding hydrogens is 326 g/mol. The smallest absolute Gasteiger partial charge is 0.222 e. The SMILES string of the molecule is COc1cccc(CCC(=O)N2CCCN(C)C3(CCN(C)CC3)C2)c1. The Hall–Kier alpha value is -1.59. The molecule has 0 saturated carbocycles. The highest BCUT2D eigenvalue weighted by molar-refractivity contribution is 5.76. The number of carbonyl (C=O) groups excluding carboxylic acids is 1. The Morgan fingerprint density at radius 1 is 1.15 bits per heavy atom. The number of hydrogen-bond acceptors (Lipinski definition) is 4. The summed E-state index contributed by atoms with van der Waals surface area (Å²) in [6.07, 6.45) is 4.73. The molecule has 1 aromatic rings. The summed E-state index contributed by atoms with van der Waals surface area (Å²) in [6.45, 7) is 5.10. The summed E-state index contributed by atoms with van der Waals surface area (Å²) in [5.41, 5.74) is 1.33. The van der Waals surface area contributed by atoms with Crippen molar-refractivity contribution in [1.29, 1.82) is 0 Å². The maximum Gasteiger partial charge on any atom is 0.222 e. The molecule has 1 amide bonds. The highest BCUT2D eigenvalue weighted by atomic mass is 16.5. The highest BCUT2D eigenvalue weighted by Gasteiger charge is 2.41. The van der Waals surface area contributed by atoms with Crippen molar-refractivity contribution in [2.75, 3.05) is 53.9 Å². The number of likely N-dealkylation sites (tertiary alicyclic amines) is 1. The van der Waals surface area contributed by atoms with E-state index in [4.69, 9.17) is 4.74 Å². The maximum absolute atomic E-state index is 12.9. The van der Waals surface area contributed by atoms with E-state index in [1.54, 1.807) is 7.11 Å². The van der Waals surface area contributed by atoms with Crippen LogP contribution in [0.4, 0.5) is 0 Å². The number of benzene rings is 1. The fourth-order valence-corrected chi connectivity index (χ4v) is 4.32. The lowest BCUT2D eigenvalue weighted by Crippen LogP contribution is -2.58. The molecule has 1 spiro atoms. The molecule has 144 valence electrons. The minimum Gasteiger partial charge on any atom is -0.497 e. The van der Waals surface area contributed by atoms with Gasteiger partial charge in [0.25, 0.3) is 0 Å². The Labute approximate surface area is 157 Å². The maximum atomic E-state index is 12.9. The number of likely N-dealkylation sites (N-methyl/N-ethyl adjacent to an activating group) is 1. The number of hydrogen-bond donors (Lipinski definition) is 0. The first kappa shape index (κ1) is 19.2. The van der Waals surface area contributed by atoms with Crippen LogP contribution >= 0.6 is 0 Å². The van der Waals surface area contributed by atoms with Gasteiger partial charge >= 0.3 is 0 Å². The zero-order chi connectivity index (χ0) is 18.6. The molecule has 1 aromatic carbocycles. The van der Waals surface area contributed by atoms with Gasteiger partial charge in [-0.3, -0.25) is 9.69 Å². The Bertz CT molecular complexity index is 611. The fourth-order valence-electron chi connectivity index (χ4n) is 4.32. The third kappa shape index (κ3) is 4.38. The number of carbonyl (C=O) groups is 1. The van der Waals surface area contributed by atoms with E-state index in [0.29, 0.717) is 12.3 Å². The van der Waals surface area contributed by atoms with Crippen LogP contribution in [0.1, 0.15) is 31.2 Å². The van der Waals surface area contributed by atoms with E-state index in [-0.39, 0.29) is 5.54 Å². The standard InChI is InChI=1S/C21H33N3O2/c1-22-14-10-21(11-15-22)17-24(13-5-12-23(21)2)20(25)9-8-18-6-4-7-19(16-18)26-3/h4,6-7,16H,5,8-15,17H2,1-3H3. The minimum absolute atomic E-state index is 0.161. The summed E-state index contributed by atoms with van der Waals surface area (Å²) in [6, 6.07) is 8.04. The Kier molecular flexibility index (Phi) is 6.20. The molecule has 0 aromatic heterocycles. The average Bonchev–Trinajstić information content (AvgIpc) is 2.82. The van der Waals surface area contributed by atoms with Gasteiger partial charge in [0.05, 0.1) is 7.11 Å². The second-order valence-corrected chi connectivity index (χ2v) is 7.97. The van der Waals surface area contributed by atoms with Crippen LogP contribution in [0.25, 0.3) is 0 Å². The molecule has 0 aliphatic carbocycles. The molecule has 0 radical (unpaired) electrons. The van der Waals surface area contributed by atoms with Crippen LogP contribution in [0.15, 0.2) is 24.3 Å². The third-order valence-electron chi connectivity index (χ3n) is 6.25. The minimum atomic E-state index is 0.161. The van der Waals surface area contributed by atoms with Crippen molar-refractivity contribution in [1.82, 2.24) is 14.7 Å². The average molecular weight is 360 g/mol. The monoisotopic (exact) mass is 359 g/mol. The molecule has 2 aliphatic heterocycles. The van der Waals surface area contributed by atoms with E-state index in [0.717, 1.165) is 64.2 Å². The van der Waals surface area contributed by atoms with Gasteiger partial charge in [-0.2, -0.15) is 0 Å². The fraction of sp³-hybridized carbons (Fsp3) is 0.667. The van der Waals surface area contributed by atoms with Crippen molar-refractivity contribution in [3.8, 4) is 5.75 Å². The van der Waals surface area contributed by atoms with E-state index in [1.807, 2.05) is 18.2 Å². The molecular formula is C21H33N3O2. The molecule has 26 heavy (non-hydrogen) atoms. The number of piperidine rings is 1. The Balaban J connectivity index is 1.62. The van der Waals surface area contributed by atoms with Gasteiger partial charge in [-0.05, 0) is 70.6 Å². The van der Waals surface area contributed by atoms with Gasteiger partial charge in [-0.15, -0.1) is 0 Å². The first-order valence-corrected chi connectivity index (χ1v) is 9.83. The number of nitrogens with zero attached hydrogens (tertiary/aromatic N) is 3. The number of methoxy groups -OCH3 is 1. The van der Waals surface area contributed by atoms with Crippen molar-refractivity contribution >= 4 is 5.91 Å². The van der Waals surface area contributed by atoms with Crippen molar-refractivity contribution in [2.45, 2.75) is 37.6 Å². The molecule has 0 N–H and O–H groups in total. The van der Waals surface area contributed by atoms with Crippen LogP contribution < -0.4 is 4.74 Å². The zero-order valence-corrected chi connectivity index (χ0v) is 16.5. The Morgan fingerprint density at radius 3 is 2.65 bits per heavy atom. The molecule has 0 bridgehead atoms. The normalized spacial score (nSPS) is 21.6. The summed E-state index contributed by atoms with van der Waals surface area (Å²) in [5, 5.41) is 0. The predicted molar refractivity (Wildman–Crippen MR) is 105 cm³/mol. The summed E-state index contributed by atoms with van der Waals surface area (Å²) in [7, 11) is 6.12. The summed E-state index contributed by atoms with van der Waals surface area (Å²) < 4.78 is 5.29. The highest BCUT2D eigenvalue weighted by Crippen LogP contribution is 2.31. The lowest BCUT2D eigenvalue weighted by atomic mass is 9.85. The molecule has 0 unspecified atom stereocenters. The quantitative estimate of drug-likeness (QED) is 0.826. The van der Waals surface area contributed by atoms with Crippen LogP contribution in [-0.4, -0.2) is 80.1 Å². The summed E-state index contributed by atoms with van der Waals surface area (Å²) in [4.78, 5) is 20.0.